The highest BCUT2D eigenvalue weighted by atomic mass is 19.1. The van der Waals surface area contributed by atoms with Crippen LogP contribution in [0.2, 0.25) is 0 Å². The minimum atomic E-state index is -0.611. The summed E-state index contributed by atoms with van der Waals surface area (Å²) in [7, 11) is 1.47. The summed E-state index contributed by atoms with van der Waals surface area (Å²) < 4.78 is 29.6. The van der Waals surface area contributed by atoms with Gasteiger partial charge in [-0.3, -0.25) is 4.79 Å². The second-order valence-corrected chi connectivity index (χ2v) is 4.22. The van der Waals surface area contributed by atoms with Crippen LogP contribution < -0.4 is 10.2 Å². The molecular weight excluding hydrogens is 263 g/mol. The van der Waals surface area contributed by atoms with Gasteiger partial charge < -0.3 is 13.9 Å². The highest BCUT2D eigenvalue weighted by Crippen LogP contribution is 2.26. The topological polar surface area (TPSA) is 48.7 Å². The molecular formula is C15H11FO4. The standard InChI is InChI=1S/C15H11FO4/c1-18-8-19-10-5-3-7-12-14(10)15(17)13-9(16)4-2-6-11(13)20-12/h2-7H,8H2,1H3. The largest absolute Gasteiger partial charge is 0.467 e. The molecule has 2 aromatic carbocycles. The van der Waals surface area contributed by atoms with Crippen LogP contribution in [0, 0.1) is 5.82 Å². The first-order valence-corrected chi connectivity index (χ1v) is 5.98. The van der Waals surface area contributed by atoms with E-state index in [0.717, 1.165) is 0 Å². The van der Waals surface area contributed by atoms with Crippen LogP contribution in [0.4, 0.5) is 4.39 Å². The van der Waals surface area contributed by atoms with Crippen LogP contribution in [0.5, 0.6) is 5.75 Å². The molecule has 5 heteroatoms. The first-order valence-electron chi connectivity index (χ1n) is 5.98. The number of rotatable bonds is 3. The molecule has 1 aromatic heterocycles. The van der Waals surface area contributed by atoms with E-state index in [4.69, 9.17) is 13.9 Å². The summed E-state index contributed by atoms with van der Waals surface area (Å²) in [5, 5.41) is 0.135. The maximum atomic E-state index is 13.8. The van der Waals surface area contributed by atoms with Crippen molar-refractivity contribution in [3.8, 4) is 5.75 Å². The Kier molecular flexibility index (Phi) is 3.12. The van der Waals surface area contributed by atoms with Crippen LogP contribution in [0.15, 0.2) is 45.6 Å². The van der Waals surface area contributed by atoms with Crippen molar-refractivity contribution in [3.05, 3.63) is 52.4 Å². The van der Waals surface area contributed by atoms with Gasteiger partial charge in [0.1, 0.15) is 33.5 Å². The third kappa shape index (κ3) is 1.92. The highest BCUT2D eigenvalue weighted by Gasteiger charge is 2.14. The number of fused-ring (bicyclic) bond motifs is 2. The fourth-order valence-electron chi connectivity index (χ4n) is 2.12. The zero-order valence-corrected chi connectivity index (χ0v) is 10.7. The van der Waals surface area contributed by atoms with Gasteiger partial charge in [-0.2, -0.15) is 0 Å². The van der Waals surface area contributed by atoms with Crippen molar-refractivity contribution >= 4 is 21.9 Å². The number of hydrogen-bond donors (Lipinski definition) is 0. The van der Waals surface area contributed by atoms with Gasteiger partial charge in [0.2, 0.25) is 5.43 Å². The fraction of sp³-hybridized carbons (Fsp3) is 0.133. The number of halogens is 1. The van der Waals surface area contributed by atoms with Crippen LogP contribution in [0.1, 0.15) is 0 Å². The van der Waals surface area contributed by atoms with Crippen molar-refractivity contribution in [1.29, 1.82) is 0 Å². The second-order valence-electron chi connectivity index (χ2n) is 4.22. The molecule has 0 unspecified atom stereocenters. The van der Waals surface area contributed by atoms with Gasteiger partial charge in [-0.25, -0.2) is 4.39 Å². The molecule has 0 saturated carbocycles. The van der Waals surface area contributed by atoms with Crippen molar-refractivity contribution < 1.29 is 18.3 Å². The summed E-state index contributed by atoms with van der Waals surface area (Å²) in [6.45, 7) is -0.00609. The molecule has 20 heavy (non-hydrogen) atoms. The molecule has 0 spiro atoms. The van der Waals surface area contributed by atoms with Crippen LogP contribution in [-0.4, -0.2) is 13.9 Å². The SMILES string of the molecule is COCOc1cccc2oc3cccc(F)c3c(=O)c12. The Balaban J connectivity index is 2.40. The molecule has 102 valence electrons. The lowest BCUT2D eigenvalue weighted by Gasteiger charge is -2.08. The lowest BCUT2D eigenvalue weighted by atomic mass is 10.1. The average Bonchev–Trinajstić information content (AvgIpc) is 2.45. The molecule has 0 radical (unpaired) electrons. The van der Waals surface area contributed by atoms with Gasteiger partial charge in [0.15, 0.2) is 6.79 Å². The number of hydrogen-bond acceptors (Lipinski definition) is 4. The van der Waals surface area contributed by atoms with Gasteiger partial charge in [-0.1, -0.05) is 12.1 Å². The first kappa shape index (κ1) is 12.6. The zero-order valence-electron chi connectivity index (χ0n) is 10.7. The lowest BCUT2D eigenvalue weighted by molar-refractivity contribution is 0.0522. The highest BCUT2D eigenvalue weighted by molar-refractivity contribution is 5.93. The summed E-state index contributed by atoms with van der Waals surface area (Å²) in [6, 6.07) is 9.23. The van der Waals surface area contributed by atoms with Crippen LogP contribution in [-0.2, 0) is 4.74 Å². The van der Waals surface area contributed by atoms with E-state index in [2.05, 4.69) is 0 Å². The molecule has 0 fully saturated rings. The molecule has 0 bridgehead atoms. The Hall–Kier alpha value is -2.40. The smallest absolute Gasteiger partial charge is 0.207 e. The molecule has 0 amide bonds. The van der Waals surface area contributed by atoms with E-state index in [0.29, 0.717) is 11.3 Å². The quantitative estimate of drug-likeness (QED) is 0.544. The van der Waals surface area contributed by atoms with Gasteiger partial charge in [-0.05, 0) is 24.3 Å². The third-order valence-corrected chi connectivity index (χ3v) is 2.97. The molecule has 0 aliphatic heterocycles. The van der Waals surface area contributed by atoms with Crippen molar-refractivity contribution in [3.63, 3.8) is 0 Å². The van der Waals surface area contributed by atoms with Crippen molar-refractivity contribution in [1.82, 2.24) is 0 Å². The van der Waals surface area contributed by atoms with Gasteiger partial charge in [0, 0.05) is 7.11 Å². The summed E-state index contributed by atoms with van der Waals surface area (Å²) in [4.78, 5) is 12.5. The monoisotopic (exact) mass is 274 g/mol. The average molecular weight is 274 g/mol. The van der Waals surface area contributed by atoms with E-state index in [9.17, 15) is 9.18 Å². The maximum absolute atomic E-state index is 13.8. The van der Waals surface area contributed by atoms with Gasteiger partial charge in [0.05, 0.1) is 0 Å². The molecule has 0 atom stereocenters. The summed E-state index contributed by atoms with van der Waals surface area (Å²) in [5.41, 5.74) is 0.110. The number of ether oxygens (including phenoxy) is 2. The Morgan fingerprint density at radius 2 is 1.80 bits per heavy atom. The predicted octanol–water partition coefficient (Wildman–Crippen LogP) is 3.07. The zero-order chi connectivity index (χ0) is 14.1. The Morgan fingerprint density at radius 3 is 2.55 bits per heavy atom. The van der Waals surface area contributed by atoms with Crippen molar-refractivity contribution in [2.75, 3.05) is 13.9 Å². The minimum absolute atomic E-state index is 0.00609. The molecule has 3 rings (SSSR count). The van der Waals surface area contributed by atoms with Gasteiger partial charge in [0.25, 0.3) is 0 Å². The van der Waals surface area contributed by atoms with E-state index in [-0.39, 0.29) is 23.1 Å². The normalized spacial score (nSPS) is 11.1. The fourth-order valence-corrected chi connectivity index (χ4v) is 2.12. The maximum Gasteiger partial charge on any atom is 0.207 e. The van der Waals surface area contributed by atoms with Crippen LogP contribution >= 0.6 is 0 Å². The Bertz CT molecular complexity index is 838. The summed E-state index contributed by atoms with van der Waals surface area (Å²) >= 11 is 0. The van der Waals surface area contributed by atoms with Crippen molar-refractivity contribution in [2.45, 2.75) is 0 Å². The molecule has 1 heterocycles. The number of benzene rings is 2. The van der Waals surface area contributed by atoms with E-state index in [1.807, 2.05) is 0 Å². The van der Waals surface area contributed by atoms with Gasteiger partial charge >= 0.3 is 0 Å². The molecule has 0 aliphatic rings. The van der Waals surface area contributed by atoms with E-state index >= 15 is 0 Å². The Labute approximate surface area is 113 Å². The molecule has 0 N–H and O–H groups in total. The van der Waals surface area contributed by atoms with Crippen molar-refractivity contribution in [2.24, 2.45) is 0 Å². The molecule has 0 saturated heterocycles. The van der Waals surface area contributed by atoms with Gasteiger partial charge in [-0.15, -0.1) is 0 Å². The van der Waals surface area contributed by atoms with E-state index in [1.54, 1.807) is 24.3 Å². The summed E-state index contributed by atoms with van der Waals surface area (Å²) in [5.74, 6) is -0.303. The van der Waals surface area contributed by atoms with E-state index < -0.39 is 11.2 Å². The summed E-state index contributed by atoms with van der Waals surface area (Å²) in [6.07, 6.45) is 0. The molecule has 0 aliphatic carbocycles. The predicted molar refractivity (Wildman–Crippen MR) is 72.5 cm³/mol. The molecule has 4 nitrogen and oxygen atoms in total. The van der Waals surface area contributed by atoms with Crippen LogP contribution in [0.25, 0.3) is 21.9 Å². The number of methoxy groups -OCH3 is 1. The second kappa shape index (κ2) is 4.94. The molecule has 3 aromatic rings. The third-order valence-electron chi connectivity index (χ3n) is 2.97. The van der Waals surface area contributed by atoms with Crippen LogP contribution in [0.3, 0.4) is 0 Å². The van der Waals surface area contributed by atoms with E-state index in [1.165, 1.54) is 19.2 Å². The Morgan fingerprint density at radius 1 is 1.10 bits per heavy atom. The minimum Gasteiger partial charge on any atom is -0.467 e. The first-order chi connectivity index (χ1) is 9.72. The lowest BCUT2D eigenvalue weighted by Crippen LogP contribution is -2.08.